The smallest absolute Gasteiger partial charge is 0.341 e. The summed E-state index contributed by atoms with van der Waals surface area (Å²) < 4.78 is 5.31. The topological polar surface area (TPSA) is 67.4 Å². The normalized spacial score (nSPS) is 21.2. The molecular weight excluding hydrogens is 336 g/mol. The van der Waals surface area contributed by atoms with Crippen molar-refractivity contribution in [2.24, 2.45) is 5.92 Å². The highest BCUT2D eigenvalue weighted by molar-refractivity contribution is 7.17. The van der Waals surface area contributed by atoms with Crippen LogP contribution in [0.25, 0.3) is 0 Å². The first-order valence-corrected chi connectivity index (χ1v) is 9.90. The van der Waals surface area contributed by atoms with Gasteiger partial charge in [0.25, 0.3) is 0 Å². The first kappa shape index (κ1) is 18.4. The molecular formula is C19H28N2O3S. The summed E-state index contributed by atoms with van der Waals surface area (Å²) in [5.41, 5.74) is 1.18. The van der Waals surface area contributed by atoms with Crippen LogP contribution in [0.5, 0.6) is 0 Å². The summed E-state index contributed by atoms with van der Waals surface area (Å²) in [6, 6.07) is 0. The van der Waals surface area contributed by atoms with Crippen molar-refractivity contribution in [2.45, 2.75) is 71.4 Å². The number of hydrogen-bond donors (Lipinski definition) is 2. The summed E-state index contributed by atoms with van der Waals surface area (Å²) in [6.07, 6.45) is 3.71. The van der Waals surface area contributed by atoms with Crippen molar-refractivity contribution in [1.82, 2.24) is 5.32 Å². The van der Waals surface area contributed by atoms with Crippen LogP contribution in [0.15, 0.2) is 0 Å². The van der Waals surface area contributed by atoms with Crippen molar-refractivity contribution < 1.29 is 14.3 Å². The number of rotatable bonds is 4. The minimum atomic E-state index is -0.336. The number of amides is 1. The lowest BCUT2D eigenvalue weighted by Gasteiger charge is -2.42. The minimum Gasteiger partial charge on any atom is -0.462 e. The van der Waals surface area contributed by atoms with Gasteiger partial charge in [-0.3, -0.25) is 4.79 Å². The van der Waals surface area contributed by atoms with Gasteiger partial charge in [0, 0.05) is 21.9 Å². The number of carbonyl (C=O) groups excluding carboxylic acids is 2. The van der Waals surface area contributed by atoms with E-state index in [9.17, 15) is 9.59 Å². The van der Waals surface area contributed by atoms with Crippen LogP contribution >= 0.6 is 11.3 Å². The van der Waals surface area contributed by atoms with Gasteiger partial charge in [-0.05, 0) is 59.4 Å². The van der Waals surface area contributed by atoms with E-state index in [2.05, 4.69) is 38.3 Å². The zero-order valence-corrected chi connectivity index (χ0v) is 16.6. The van der Waals surface area contributed by atoms with Gasteiger partial charge in [0.2, 0.25) is 5.91 Å². The third kappa shape index (κ3) is 3.47. The van der Waals surface area contributed by atoms with Crippen LogP contribution in [0.1, 0.15) is 74.7 Å². The Morgan fingerprint density at radius 1 is 1.28 bits per heavy atom. The molecule has 1 fully saturated rings. The largest absolute Gasteiger partial charge is 0.462 e. The van der Waals surface area contributed by atoms with Crippen LogP contribution in [0, 0.1) is 5.92 Å². The number of fused-ring (bicyclic) bond motifs is 1. The van der Waals surface area contributed by atoms with E-state index in [1.807, 2.05) is 0 Å². The highest BCUT2D eigenvalue weighted by atomic mass is 32.1. The lowest BCUT2D eigenvalue weighted by molar-refractivity contribution is -0.122. The van der Waals surface area contributed by atoms with E-state index in [0.717, 1.165) is 36.1 Å². The van der Waals surface area contributed by atoms with Crippen LogP contribution in [0.3, 0.4) is 0 Å². The Kier molecular flexibility index (Phi) is 4.71. The molecule has 1 aliphatic heterocycles. The molecule has 0 atom stereocenters. The number of anilines is 1. The fraction of sp³-hybridized carbons (Fsp3) is 0.684. The summed E-state index contributed by atoms with van der Waals surface area (Å²) in [5, 5.41) is 7.31. The molecule has 1 amide bonds. The lowest BCUT2D eigenvalue weighted by Crippen LogP contribution is -2.55. The van der Waals surface area contributed by atoms with Gasteiger partial charge in [-0.2, -0.15) is 0 Å². The van der Waals surface area contributed by atoms with Crippen LogP contribution in [-0.2, 0) is 21.5 Å². The molecule has 2 N–H and O–H groups in total. The zero-order valence-electron chi connectivity index (χ0n) is 15.7. The van der Waals surface area contributed by atoms with E-state index >= 15 is 0 Å². The standard InChI is InChI=1S/C19H28N2O3S/c1-6-24-17(23)13-12-10-18(2,3)21-19(4,5)14(12)25-16(13)20-15(22)11-8-7-9-11/h11,21H,6-10H2,1-5H3,(H,20,22). The third-order valence-electron chi connectivity index (χ3n) is 5.04. The number of carbonyl (C=O) groups is 2. The molecule has 0 aromatic carbocycles. The van der Waals surface area contributed by atoms with Crippen molar-refractivity contribution in [3.63, 3.8) is 0 Å². The molecule has 138 valence electrons. The van der Waals surface area contributed by atoms with Crippen LogP contribution < -0.4 is 10.6 Å². The Morgan fingerprint density at radius 2 is 1.96 bits per heavy atom. The number of hydrogen-bond acceptors (Lipinski definition) is 5. The lowest BCUT2D eigenvalue weighted by atomic mass is 9.81. The van der Waals surface area contributed by atoms with Crippen LogP contribution in [0.4, 0.5) is 5.00 Å². The van der Waals surface area contributed by atoms with Gasteiger partial charge >= 0.3 is 5.97 Å². The molecule has 1 aromatic rings. The average molecular weight is 365 g/mol. The van der Waals surface area contributed by atoms with Gasteiger partial charge in [-0.15, -0.1) is 11.3 Å². The van der Waals surface area contributed by atoms with Gasteiger partial charge < -0.3 is 15.4 Å². The molecule has 5 nitrogen and oxygen atoms in total. The quantitative estimate of drug-likeness (QED) is 0.797. The first-order chi connectivity index (χ1) is 11.6. The summed E-state index contributed by atoms with van der Waals surface area (Å²) >= 11 is 1.51. The molecule has 1 aliphatic carbocycles. The number of esters is 1. The molecule has 0 radical (unpaired) electrons. The molecule has 0 unspecified atom stereocenters. The number of nitrogens with one attached hydrogen (secondary N) is 2. The molecule has 0 bridgehead atoms. The van der Waals surface area contributed by atoms with Gasteiger partial charge in [-0.25, -0.2) is 4.79 Å². The molecule has 6 heteroatoms. The van der Waals surface area contributed by atoms with E-state index in [1.165, 1.54) is 11.3 Å². The second-order valence-corrected chi connectivity index (χ2v) is 9.28. The van der Waals surface area contributed by atoms with Gasteiger partial charge in [0.15, 0.2) is 0 Å². The molecule has 3 rings (SSSR count). The van der Waals surface area contributed by atoms with E-state index in [4.69, 9.17) is 4.74 Å². The monoisotopic (exact) mass is 364 g/mol. The van der Waals surface area contributed by atoms with Gasteiger partial charge in [0.05, 0.1) is 12.2 Å². The first-order valence-electron chi connectivity index (χ1n) is 9.08. The Morgan fingerprint density at radius 3 is 2.52 bits per heavy atom. The number of ether oxygens (including phenoxy) is 1. The van der Waals surface area contributed by atoms with Crippen molar-refractivity contribution in [3.8, 4) is 0 Å². The summed E-state index contributed by atoms with van der Waals surface area (Å²) in [7, 11) is 0. The van der Waals surface area contributed by atoms with Crippen molar-refractivity contribution in [2.75, 3.05) is 11.9 Å². The molecule has 25 heavy (non-hydrogen) atoms. The Hall–Kier alpha value is -1.40. The van der Waals surface area contributed by atoms with Crippen molar-refractivity contribution in [3.05, 3.63) is 16.0 Å². The van der Waals surface area contributed by atoms with E-state index in [0.29, 0.717) is 17.2 Å². The molecule has 2 heterocycles. The van der Waals surface area contributed by atoms with Crippen molar-refractivity contribution >= 4 is 28.2 Å². The maximum absolute atomic E-state index is 12.7. The van der Waals surface area contributed by atoms with E-state index < -0.39 is 0 Å². The van der Waals surface area contributed by atoms with E-state index in [1.54, 1.807) is 6.92 Å². The molecule has 0 spiro atoms. The van der Waals surface area contributed by atoms with Crippen molar-refractivity contribution in [1.29, 1.82) is 0 Å². The molecule has 2 aliphatic rings. The highest BCUT2D eigenvalue weighted by Crippen LogP contribution is 2.45. The predicted molar refractivity (Wildman–Crippen MR) is 100 cm³/mol. The van der Waals surface area contributed by atoms with Crippen LogP contribution in [-0.4, -0.2) is 24.0 Å². The highest BCUT2D eigenvalue weighted by Gasteiger charge is 2.42. The molecule has 1 saturated carbocycles. The molecule has 1 aromatic heterocycles. The maximum Gasteiger partial charge on any atom is 0.341 e. The van der Waals surface area contributed by atoms with Gasteiger partial charge in [-0.1, -0.05) is 6.42 Å². The molecule has 0 saturated heterocycles. The van der Waals surface area contributed by atoms with Gasteiger partial charge in [0.1, 0.15) is 5.00 Å². The summed E-state index contributed by atoms with van der Waals surface area (Å²) in [5.74, 6) is -0.227. The summed E-state index contributed by atoms with van der Waals surface area (Å²) in [6.45, 7) is 10.6. The number of thiophene rings is 1. The third-order valence-corrected chi connectivity index (χ3v) is 6.51. The minimum absolute atomic E-state index is 0.0282. The maximum atomic E-state index is 12.7. The van der Waals surface area contributed by atoms with Crippen LogP contribution in [0.2, 0.25) is 0 Å². The second kappa shape index (κ2) is 6.40. The zero-order chi connectivity index (χ0) is 18.4. The Balaban J connectivity index is 2.04. The SMILES string of the molecule is CCOC(=O)c1c(NC(=O)C2CCC2)sc2c1CC(C)(C)NC2(C)C. The average Bonchev–Trinajstić information content (AvgIpc) is 2.73. The van der Waals surface area contributed by atoms with E-state index in [-0.39, 0.29) is 28.9 Å². The fourth-order valence-electron chi connectivity index (χ4n) is 3.92. The second-order valence-electron chi connectivity index (χ2n) is 8.26. The summed E-state index contributed by atoms with van der Waals surface area (Å²) in [4.78, 5) is 26.2. The Labute approximate surface area is 153 Å². The Bertz CT molecular complexity index is 702. The predicted octanol–water partition coefficient (Wildman–Crippen LogP) is 3.82. The fourth-order valence-corrected chi connectivity index (χ4v) is 5.19.